The molecule has 0 aliphatic carbocycles. The van der Waals surface area contributed by atoms with Gasteiger partial charge in [0.05, 0.1) is 36.5 Å². The zero-order chi connectivity index (χ0) is 8.10. The number of halogens is 1. The lowest BCUT2D eigenvalue weighted by Gasteiger charge is -2.12. The molecule has 0 saturated carbocycles. The lowest BCUT2D eigenvalue weighted by atomic mass is 10.3. The summed E-state index contributed by atoms with van der Waals surface area (Å²) in [4.78, 5) is 0. The molecule has 1 saturated heterocycles. The van der Waals surface area contributed by atoms with Crippen LogP contribution in [0.5, 0.6) is 0 Å². The molecule has 0 radical (unpaired) electrons. The van der Waals surface area contributed by atoms with E-state index in [1.807, 2.05) is 0 Å². The molecule has 3 nitrogen and oxygen atoms in total. The van der Waals surface area contributed by atoms with Gasteiger partial charge in [0.1, 0.15) is 0 Å². The molecular weight excluding hydrogens is 259 g/mol. The largest absolute Gasteiger partial charge is 0.382 e. The second-order valence-electron chi connectivity index (χ2n) is 2.46. The van der Waals surface area contributed by atoms with Gasteiger partial charge in [-0.25, -0.2) is 0 Å². The van der Waals surface area contributed by atoms with Crippen molar-refractivity contribution in [1.82, 2.24) is 0 Å². The fourth-order valence-electron chi connectivity index (χ4n) is 0.944. The van der Waals surface area contributed by atoms with Crippen LogP contribution in [-0.4, -0.2) is 43.6 Å². The highest BCUT2D eigenvalue weighted by Gasteiger charge is 2.25. The van der Waals surface area contributed by atoms with Gasteiger partial charge in [-0.15, -0.1) is 0 Å². The molecule has 0 aromatic heterocycles. The maximum Gasteiger partial charge on any atom is 0.0949 e. The van der Waals surface area contributed by atoms with E-state index >= 15 is 0 Å². The third-order valence-corrected chi connectivity index (χ3v) is 2.74. The molecule has 0 spiro atoms. The van der Waals surface area contributed by atoms with Crippen LogP contribution >= 0.6 is 22.6 Å². The van der Waals surface area contributed by atoms with Crippen molar-refractivity contribution in [1.29, 1.82) is 0 Å². The molecular formula is C7H13IO3. The lowest BCUT2D eigenvalue weighted by molar-refractivity contribution is 0.0147. The summed E-state index contributed by atoms with van der Waals surface area (Å²) in [7, 11) is 1.68. The van der Waals surface area contributed by atoms with E-state index in [1.54, 1.807) is 7.11 Å². The Hall–Kier alpha value is 0.610. The summed E-state index contributed by atoms with van der Waals surface area (Å²) < 4.78 is 16.1. The first kappa shape index (κ1) is 9.70. The van der Waals surface area contributed by atoms with E-state index in [4.69, 9.17) is 14.2 Å². The summed E-state index contributed by atoms with van der Waals surface area (Å²) in [5.41, 5.74) is 0. The monoisotopic (exact) mass is 272 g/mol. The highest BCUT2D eigenvalue weighted by atomic mass is 127. The van der Waals surface area contributed by atoms with Gasteiger partial charge >= 0.3 is 0 Å². The maximum atomic E-state index is 5.50. The molecule has 2 atom stereocenters. The van der Waals surface area contributed by atoms with Crippen molar-refractivity contribution in [2.75, 3.05) is 33.5 Å². The summed E-state index contributed by atoms with van der Waals surface area (Å²) in [6.07, 6.45) is 0.269. The molecule has 0 amide bonds. The van der Waals surface area contributed by atoms with Crippen molar-refractivity contribution in [2.45, 2.75) is 10.0 Å². The Morgan fingerprint density at radius 3 is 2.82 bits per heavy atom. The van der Waals surface area contributed by atoms with E-state index in [2.05, 4.69) is 22.6 Å². The van der Waals surface area contributed by atoms with E-state index < -0.39 is 0 Å². The molecule has 0 aromatic rings. The van der Waals surface area contributed by atoms with E-state index in [0.717, 1.165) is 13.2 Å². The molecule has 66 valence electrons. The SMILES string of the molecule is COCCOC1COCC1I. The number of rotatable bonds is 4. The molecule has 0 N–H and O–H groups in total. The minimum absolute atomic E-state index is 0.269. The van der Waals surface area contributed by atoms with Gasteiger partial charge in [-0.2, -0.15) is 0 Å². The van der Waals surface area contributed by atoms with Crippen LogP contribution in [0.25, 0.3) is 0 Å². The predicted molar refractivity (Wildman–Crippen MR) is 50.2 cm³/mol. The van der Waals surface area contributed by atoms with E-state index in [9.17, 15) is 0 Å². The number of alkyl halides is 1. The van der Waals surface area contributed by atoms with Crippen LogP contribution in [0.15, 0.2) is 0 Å². The first-order valence-electron chi connectivity index (χ1n) is 3.67. The minimum atomic E-state index is 0.269. The maximum absolute atomic E-state index is 5.50. The van der Waals surface area contributed by atoms with Gasteiger partial charge in [-0.05, 0) is 0 Å². The lowest BCUT2D eigenvalue weighted by Crippen LogP contribution is -2.23. The van der Waals surface area contributed by atoms with Gasteiger partial charge in [0.15, 0.2) is 0 Å². The topological polar surface area (TPSA) is 27.7 Å². The molecule has 0 bridgehead atoms. The standard InChI is InChI=1S/C7H13IO3/c1-9-2-3-11-7-5-10-4-6(7)8/h6-7H,2-5H2,1H3. The number of hydrogen-bond acceptors (Lipinski definition) is 3. The molecule has 2 unspecified atom stereocenters. The fourth-order valence-corrected chi connectivity index (χ4v) is 1.61. The Kier molecular flexibility index (Phi) is 4.66. The highest BCUT2D eigenvalue weighted by molar-refractivity contribution is 14.1. The molecule has 1 heterocycles. The summed E-state index contributed by atoms with van der Waals surface area (Å²) in [5, 5.41) is 0. The Morgan fingerprint density at radius 2 is 2.27 bits per heavy atom. The molecule has 1 aliphatic rings. The second kappa shape index (κ2) is 5.29. The molecule has 0 aromatic carbocycles. The number of ether oxygens (including phenoxy) is 3. The first-order chi connectivity index (χ1) is 5.34. The van der Waals surface area contributed by atoms with Crippen LogP contribution in [0, 0.1) is 0 Å². The smallest absolute Gasteiger partial charge is 0.0949 e. The summed E-state index contributed by atoms with van der Waals surface area (Å²) in [5.74, 6) is 0. The Morgan fingerprint density at radius 1 is 1.45 bits per heavy atom. The summed E-state index contributed by atoms with van der Waals surface area (Å²) in [6.45, 7) is 2.89. The molecule has 1 fully saturated rings. The van der Waals surface area contributed by atoms with E-state index in [1.165, 1.54) is 0 Å². The van der Waals surface area contributed by atoms with Gasteiger partial charge in [0.25, 0.3) is 0 Å². The zero-order valence-electron chi connectivity index (χ0n) is 6.59. The average Bonchev–Trinajstić information content (AvgIpc) is 2.37. The van der Waals surface area contributed by atoms with Crippen LogP contribution in [0.1, 0.15) is 0 Å². The van der Waals surface area contributed by atoms with Gasteiger partial charge in [-0.3, -0.25) is 0 Å². The van der Waals surface area contributed by atoms with E-state index in [0.29, 0.717) is 17.1 Å². The first-order valence-corrected chi connectivity index (χ1v) is 4.91. The quantitative estimate of drug-likeness (QED) is 0.431. The Balaban J connectivity index is 2.05. The number of hydrogen-bond donors (Lipinski definition) is 0. The second-order valence-corrected chi connectivity index (χ2v) is 4.06. The van der Waals surface area contributed by atoms with Crippen LogP contribution in [0.4, 0.5) is 0 Å². The third-order valence-electron chi connectivity index (χ3n) is 1.58. The van der Waals surface area contributed by atoms with Crippen molar-refractivity contribution in [3.05, 3.63) is 0 Å². The Bertz CT molecular complexity index is 110. The van der Waals surface area contributed by atoms with Crippen molar-refractivity contribution < 1.29 is 14.2 Å². The predicted octanol–water partition coefficient (Wildman–Crippen LogP) is 0.852. The summed E-state index contributed by atoms with van der Waals surface area (Å²) >= 11 is 2.35. The number of methoxy groups -OCH3 is 1. The molecule has 1 rings (SSSR count). The van der Waals surface area contributed by atoms with Crippen LogP contribution < -0.4 is 0 Å². The third kappa shape index (κ3) is 3.23. The fraction of sp³-hybridized carbons (Fsp3) is 1.00. The van der Waals surface area contributed by atoms with Crippen molar-refractivity contribution in [2.24, 2.45) is 0 Å². The van der Waals surface area contributed by atoms with Gasteiger partial charge in [-0.1, -0.05) is 22.6 Å². The van der Waals surface area contributed by atoms with Crippen molar-refractivity contribution in [3.8, 4) is 0 Å². The zero-order valence-corrected chi connectivity index (χ0v) is 8.74. The van der Waals surface area contributed by atoms with Gasteiger partial charge < -0.3 is 14.2 Å². The van der Waals surface area contributed by atoms with Crippen LogP contribution in [-0.2, 0) is 14.2 Å². The van der Waals surface area contributed by atoms with Crippen LogP contribution in [0.3, 0.4) is 0 Å². The van der Waals surface area contributed by atoms with Gasteiger partial charge in [0.2, 0.25) is 0 Å². The summed E-state index contributed by atoms with van der Waals surface area (Å²) in [6, 6.07) is 0. The van der Waals surface area contributed by atoms with Crippen molar-refractivity contribution >= 4 is 22.6 Å². The van der Waals surface area contributed by atoms with Crippen molar-refractivity contribution in [3.63, 3.8) is 0 Å². The minimum Gasteiger partial charge on any atom is -0.382 e. The molecule has 1 aliphatic heterocycles. The van der Waals surface area contributed by atoms with Crippen LogP contribution in [0.2, 0.25) is 0 Å². The average molecular weight is 272 g/mol. The normalized spacial score (nSPS) is 31.1. The van der Waals surface area contributed by atoms with E-state index in [-0.39, 0.29) is 6.10 Å². The molecule has 4 heteroatoms. The Labute approximate surface area is 80.5 Å². The molecule has 11 heavy (non-hydrogen) atoms. The van der Waals surface area contributed by atoms with Gasteiger partial charge in [0, 0.05) is 7.11 Å². The highest BCUT2D eigenvalue weighted by Crippen LogP contribution is 2.17.